The van der Waals surface area contributed by atoms with Gasteiger partial charge in [0.2, 0.25) is 0 Å². The topological polar surface area (TPSA) is 0 Å². The maximum Gasteiger partial charge on any atom is 0 e. The second-order valence-electron chi connectivity index (χ2n) is 2.21. The summed E-state index contributed by atoms with van der Waals surface area (Å²) in [6.07, 6.45) is 9.38. The smallest absolute Gasteiger partial charge is 0 e. The second-order valence-corrected chi connectivity index (χ2v) is 2.21. The molecule has 0 heterocycles. The van der Waals surface area contributed by atoms with Gasteiger partial charge in [0.1, 0.15) is 0 Å². The van der Waals surface area contributed by atoms with E-state index in [1.807, 2.05) is 0 Å². The van der Waals surface area contributed by atoms with Crippen LogP contribution in [-0.2, 0) is 19.5 Å². The van der Waals surface area contributed by atoms with Gasteiger partial charge in [0, 0.05) is 19.5 Å². The van der Waals surface area contributed by atoms with Crippen LogP contribution in [0.2, 0.25) is 0 Å². The maximum atomic E-state index is 2.25. The van der Waals surface area contributed by atoms with Crippen molar-refractivity contribution in [2.24, 2.45) is 0 Å². The first kappa shape index (κ1) is 17.6. The standard InChI is InChI=1S/2C5H11.Zn/c2*1-3-5-4-2;/h2*5H,3-4H2,1-2H3;. The molecule has 0 aliphatic heterocycles. The zero-order valence-corrected chi connectivity index (χ0v) is 11.7. The van der Waals surface area contributed by atoms with Crippen LogP contribution in [0.25, 0.3) is 0 Å². The molecule has 2 radical (unpaired) electrons. The van der Waals surface area contributed by atoms with Crippen molar-refractivity contribution >= 4 is 0 Å². The van der Waals surface area contributed by atoms with Gasteiger partial charge in [-0.2, -0.15) is 0 Å². The molecule has 0 N–H and O–H groups in total. The Labute approximate surface area is 85.9 Å². The van der Waals surface area contributed by atoms with Crippen molar-refractivity contribution in [2.75, 3.05) is 0 Å². The fraction of sp³-hybridized carbons (Fsp3) is 0.800. The Bertz CT molecular complexity index is 25.9. The van der Waals surface area contributed by atoms with Crippen LogP contribution in [0.15, 0.2) is 0 Å². The summed E-state index contributed by atoms with van der Waals surface area (Å²) >= 11 is 0. The number of hydrogen-bond donors (Lipinski definition) is 0. The molecule has 0 atom stereocenters. The maximum absolute atomic E-state index is 2.25. The van der Waals surface area contributed by atoms with E-state index in [2.05, 4.69) is 40.5 Å². The predicted molar refractivity (Wildman–Crippen MR) is 49.8 cm³/mol. The van der Waals surface area contributed by atoms with Crippen molar-refractivity contribution < 1.29 is 19.5 Å². The SMILES string of the molecule is CC[CH]CC.CC[CH]CC.[Zn]. The summed E-state index contributed by atoms with van der Waals surface area (Å²) in [5.74, 6) is 0. The first-order valence-corrected chi connectivity index (χ1v) is 4.46. The van der Waals surface area contributed by atoms with E-state index in [4.69, 9.17) is 0 Å². The van der Waals surface area contributed by atoms with Crippen LogP contribution >= 0.6 is 0 Å². The third kappa shape index (κ3) is 37.0. The first-order chi connectivity index (χ1) is 4.83. The summed E-state index contributed by atoms with van der Waals surface area (Å²) in [5, 5.41) is 0. The second kappa shape index (κ2) is 22.4. The van der Waals surface area contributed by atoms with Gasteiger partial charge < -0.3 is 0 Å². The van der Waals surface area contributed by atoms with E-state index in [1.165, 1.54) is 25.7 Å². The quantitative estimate of drug-likeness (QED) is 0.611. The molecule has 64 valence electrons. The van der Waals surface area contributed by atoms with E-state index in [1.54, 1.807) is 0 Å². The third-order valence-corrected chi connectivity index (χ3v) is 1.15. The predicted octanol–water partition coefficient (Wildman–Crippen LogP) is 4.02. The van der Waals surface area contributed by atoms with Gasteiger partial charge in [0.15, 0.2) is 0 Å². The molecule has 0 saturated heterocycles. The van der Waals surface area contributed by atoms with E-state index in [0.717, 1.165) is 0 Å². The molecule has 0 aromatic heterocycles. The molecule has 0 saturated carbocycles. The molecule has 0 rings (SSSR count). The molecule has 0 aromatic carbocycles. The average molecular weight is 208 g/mol. The summed E-state index contributed by atoms with van der Waals surface area (Å²) in [7, 11) is 0. The van der Waals surface area contributed by atoms with E-state index in [0.29, 0.717) is 0 Å². The van der Waals surface area contributed by atoms with Crippen LogP contribution < -0.4 is 0 Å². The summed E-state index contributed by atoms with van der Waals surface area (Å²) in [4.78, 5) is 0. The fourth-order valence-electron chi connectivity index (χ4n) is 0.577. The van der Waals surface area contributed by atoms with E-state index >= 15 is 0 Å². The molecule has 0 bridgehead atoms. The molecule has 0 unspecified atom stereocenters. The Morgan fingerprint density at radius 3 is 0.818 bits per heavy atom. The Balaban J connectivity index is -0.000000107. The molecule has 0 fully saturated rings. The Morgan fingerprint density at radius 1 is 0.636 bits per heavy atom. The van der Waals surface area contributed by atoms with Crippen molar-refractivity contribution in [1.29, 1.82) is 0 Å². The minimum atomic E-state index is 0. The fourth-order valence-corrected chi connectivity index (χ4v) is 0.577. The molecular weight excluding hydrogens is 185 g/mol. The third-order valence-electron chi connectivity index (χ3n) is 1.15. The van der Waals surface area contributed by atoms with Gasteiger partial charge in [-0.3, -0.25) is 0 Å². The number of hydrogen-bond acceptors (Lipinski definition) is 0. The van der Waals surface area contributed by atoms with Crippen molar-refractivity contribution in [2.45, 2.75) is 53.4 Å². The molecule has 11 heavy (non-hydrogen) atoms. The van der Waals surface area contributed by atoms with Crippen LogP contribution in [0.1, 0.15) is 53.4 Å². The molecule has 0 aliphatic rings. The Hall–Kier alpha value is 0.623. The van der Waals surface area contributed by atoms with Gasteiger partial charge >= 0.3 is 0 Å². The van der Waals surface area contributed by atoms with E-state index < -0.39 is 0 Å². The summed E-state index contributed by atoms with van der Waals surface area (Å²) in [6.45, 7) is 8.62. The van der Waals surface area contributed by atoms with Crippen LogP contribution in [0.3, 0.4) is 0 Å². The Kier molecular flexibility index (Phi) is 36.0. The summed E-state index contributed by atoms with van der Waals surface area (Å²) < 4.78 is 0. The molecule has 0 spiro atoms. The van der Waals surface area contributed by atoms with Crippen LogP contribution in [0.5, 0.6) is 0 Å². The minimum absolute atomic E-state index is 0. The van der Waals surface area contributed by atoms with Crippen molar-refractivity contribution in [1.82, 2.24) is 0 Å². The van der Waals surface area contributed by atoms with Gasteiger partial charge in [-0.05, 0) is 12.8 Å². The minimum Gasteiger partial charge on any atom is -0.0651 e. The summed E-state index contributed by atoms with van der Waals surface area (Å²) in [6, 6.07) is 0. The van der Waals surface area contributed by atoms with Crippen molar-refractivity contribution in [3.63, 3.8) is 0 Å². The zero-order chi connectivity index (χ0) is 8.24. The molecule has 1 heteroatoms. The van der Waals surface area contributed by atoms with E-state index in [-0.39, 0.29) is 19.5 Å². The molecule has 0 amide bonds. The van der Waals surface area contributed by atoms with Gasteiger partial charge in [-0.25, -0.2) is 0 Å². The van der Waals surface area contributed by atoms with Gasteiger partial charge in [-0.1, -0.05) is 53.4 Å². The van der Waals surface area contributed by atoms with Crippen LogP contribution in [0, 0.1) is 12.8 Å². The monoisotopic (exact) mass is 206 g/mol. The number of rotatable bonds is 4. The Morgan fingerprint density at radius 2 is 0.818 bits per heavy atom. The van der Waals surface area contributed by atoms with Crippen LogP contribution in [0.4, 0.5) is 0 Å². The van der Waals surface area contributed by atoms with Crippen LogP contribution in [-0.4, -0.2) is 0 Å². The van der Waals surface area contributed by atoms with Crippen molar-refractivity contribution in [3.8, 4) is 0 Å². The summed E-state index contributed by atoms with van der Waals surface area (Å²) in [5.41, 5.74) is 0. The van der Waals surface area contributed by atoms with Gasteiger partial charge in [-0.15, -0.1) is 0 Å². The van der Waals surface area contributed by atoms with Gasteiger partial charge in [0.05, 0.1) is 0 Å². The molecule has 0 nitrogen and oxygen atoms in total. The molecular formula is C10H22Zn. The normalized spacial score (nSPS) is 7.64. The molecule has 0 aromatic rings. The zero-order valence-electron chi connectivity index (χ0n) is 8.69. The van der Waals surface area contributed by atoms with E-state index in [9.17, 15) is 0 Å². The largest absolute Gasteiger partial charge is 0.0651 e. The van der Waals surface area contributed by atoms with Gasteiger partial charge in [0.25, 0.3) is 0 Å². The number of unbranched alkanes of at least 4 members (excludes halogenated alkanes) is 4. The molecule has 0 aliphatic carbocycles. The van der Waals surface area contributed by atoms with Crippen molar-refractivity contribution in [3.05, 3.63) is 12.8 Å². The average Bonchev–Trinajstić information content (AvgIpc) is 1.93. The first-order valence-electron chi connectivity index (χ1n) is 4.46.